The number of nitrogens with one attached hydrogen (secondary N) is 1. The zero-order valence-electron chi connectivity index (χ0n) is 14.0. The van der Waals surface area contributed by atoms with Crippen LogP contribution in [0.4, 0.5) is 9.39 Å². The molecule has 1 aromatic carbocycles. The Morgan fingerprint density at radius 2 is 2.23 bits per heavy atom. The van der Waals surface area contributed by atoms with Crippen molar-refractivity contribution in [3.8, 4) is 11.5 Å². The van der Waals surface area contributed by atoms with Gasteiger partial charge in [0, 0.05) is 4.88 Å². The number of carbonyl (C=O) groups is 1. The van der Waals surface area contributed by atoms with Crippen LogP contribution in [0.5, 0.6) is 0 Å². The quantitative estimate of drug-likeness (QED) is 0.757. The molecule has 6 nitrogen and oxygen atoms in total. The van der Waals surface area contributed by atoms with Crippen molar-refractivity contribution < 1.29 is 18.4 Å². The zero-order valence-corrected chi connectivity index (χ0v) is 14.9. The van der Waals surface area contributed by atoms with E-state index < -0.39 is 5.82 Å². The molecule has 4 rings (SSSR count). The van der Waals surface area contributed by atoms with Gasteiger partial charge in [0.15, 0.2) is 5.82 Å². The second-order valence-corrected chi connectivity index (χ2v) is 7.08. The minimum absolute atomic E-state index is 0.0476. The average molecular weight is 373 g/mol. The summed E-state index contributed by atoms with van der Waals surface area (Å²) in [6.07, 6.45) is 0.666. The number of thiophene rings is 1. The third-order valence-corrected chi connectivity index (χ3v) is 5.24. The second-order valence-electron chi connectivity index (χ2n) is 5.97. The van der Waals surface area contributed by atoms with Gasteiger partial charge in [0.05, 0.1) is 25.2 Å². The molecule has 0 aliphatic carbocycles. The molecule has 0 saturated heterocycles. The molecule has 0 atom stereocenters. The van der Waals surface area contributed by atoms with Gasteiger partial charge in [-0.3, -0.25) is 4.79 Å². The van der Waals surface area contributed by atoms with Crippen LogP contribution in [0.1, 0.15) is 21.8 Å². The Labute approximate surface area is 153 Å². The number of halogens is 1. The van der Waals surface area contributed by atoms with Gasteiger partial charge in [-0.1, -0.05) is 23.4 Å². The lowest BCUT2D eigenvalue weighted by atomic mass is 10.1. The van der Waals surface area contributed by atoms with Crippen LogP contribution >= 0.6 is 11.3 Å². The largest absolute Gasteiger partial charge is 0.376 e. The lowest BCUT2D eigenvalue weighted by molar-refractivity contribution is -0.115. The van der Waals surface area contributed by atoms with E-state index in [4.69, 9.17) is 9.26 Å². The molecule has 0 radical (unpaired) electrons. The van der Waals surface area contributed by atoms with Crippen molar-refractivity contribution in [1.82, 2.24) is 10.1 Å². The number of aromatic nitrogens is 2. The summed E-state index contributed by atoms with van der Waals surface area (Å²) in [5, 5.41) is 7.36. The first kappa shape index (κ1) is 16.9. The molecule has 1 N–H and O–H groups in total. The van der Waals surface area contributed by atoms with Gasteiger partial charge in [0.25, 0.3) is 5.89 Å². The maximum absolute atomic E-state index is 13.8. The number of anilines is 1. The summed E-state index contributed by atoms with van der Waals surface area (Å²) in [5.74, 6) is 0.208. The molecule has 26 heavy (non-hydrogen) atoms. The Hall–Kier alpha value is -2.58. The molecular weight excluding hydrogens is 357 g/mol. The fraction of sp³-hybridized carbons (Fsp3) is 0.278. The van der Waals surface area contributed by atoms with Gasteiger partial charge in [0.2, 0.25) is 5.91 Å². The van der Waals surface area contributed by atoms with Gasteiger partial charge in [-0.15, -0.1) is 11.3 Å². The Kier molecular flexibility index (Phi) is 4.52. The second kappa shape index (κ2) is 6.97. The number of fused-ring (bicyclic) bond motifs is 1. The van der Waals surface area contributed by atoms with Crippen LogP contribution in [0.3, 0.4) is 0 Å². The molecule has 2 aromatic heterocycles. The Morgan fingerprint density at radius 1 is 1.38 bits per heavy atom. The molecule has 1 aliphatic rings. The van der Waals surface area contributed by atoms with E-state index in [1.165, 1.54) is 17.4 Å². The monoisotopic (exact) mass is 373 g/mol. The molecule has 0 saturated carbocycles. The summed E-state index contributed by atoms with van der Waals surface area (Å²) in [5.41, 5.74) is 2.16. The van der Waals surface area contributed by atoms with Gasteiger partial charge >= 0.3 is 0 Å². The highest BCUT2D eigenvalue weighted by Gasteiger charge is 2.26. The third kappa shape index (κ3) is 3.25. The number of hydrogen-bond acceptors (Lipinski definition) is 6. The van der Waals surface area contributed by atoms with E-state index in [9.17, 15) is 9.18 Å². The summed E-state index contributed by atoms with van der Waals surface area (Å²) in [4.78, 5) is 17.8. The Balaban J connectivity index is 1.65. The lowest BCUT2D eigenvalue weighted by Crippen LogP contribution is -2.15. The van der Waals surface area contributed by atoms with Crippen LogP contribution in [0.15, 0.2) is 28.8 Å². The van der Waals surface area contributed by atoms with E-state index >= 15 is 0 Å². The van der Waals surface area contributed by atoms with Crippen molar-refractivity contribution in [3.63, 3.8) is 0 Å². The fourth-order valence-corrected chi connectivity index (χ4v) is 4.12. The van der Waals surface area contributed by atoms with Crippen LogP contribution in [0.2, 0.25) is 0 Å². The number of ether oxygens (including phenoxy) is 1. The predicted octanol–water partition coefficient (Wildman–Crippen LogP) is 3.50. The van der Waals surface area contributed by atoms with Gasteiger partial charge in [0.1, 0.15) is 10.8 Å². The van der Waals surface area contributed by atoms with E-state index in [1.807, 2.05) is 0 Å². The molecule has 0 fully saturated rings. The first-order valence-corrected chi connectivity index (χ1v) is 8.99. The summed E-state index contributed by atoms with van der Waals surface area (Å²) >= 11 is 1.43. The predicted molar refractivity (Wildman–Crippen MR) is 94.4 cm³/mol. The van der Waals surface area contributed by atoms with Crippen LogP contribution < -0.4 is 5.32 Å². The van der Waals surface area contributed by atoms with Gasteiger partial charge in [-0.2, -0.15) is 4.98 Å². The standard InChI is InChI=1S/C18H16FN3O3S/c1-10-20-17(25-22-10)16-12-6-7-24-9-14(12)26-18(16)21-15(23)8-11-4-2-3-5-13(11)19/h2-5H,6-9H2,1H3,(H,21,23). The van der Waals surface area contributed by atoms with Crippen LogP contribution in [-0.4, -0.2) is 22.7 Å². The molecule has 1 amide bonds. The number of nitrogens with zero attached hydrogens (tertiary/aromatic N) is 2. The number of amides is 1. The highest BCUT2D eigenvalue weighted by atomic mass is 32.1. The summed E-state index contributed by atoms with van der Waals surface area (Å²) in [6.45, 7) is 2.83. The highest BCUT2D eigenvalue weighted by Crippen LogP contribution is 2.42. The topological polar surface area (TPSA) is 77.2 Å². The Morgan fingerprint density at radius 3 is 3.00 bits per heavy atom. The normalized spacial score (nSPS) is 13.5. The lowest BCUT2D eigenvalue weighted by Gasteiger charge is -2.12. The van der Waals surface area contributed by atoms with Gasteiger partial charge in [-0.05, 0) is 30.5 Å². The van der Waals surface area contributed by atoms with Crippen molar-refractivity contribution in [2.45, 2.75) is 26.4 Å². The molecule has 1 aliphatic heterocycles. The van der Waals surface area contributed by atoms with E-state index in [2.05, 4.69) is 15.5 Å². The minimum Gasteiger partial charge on any atom is -0.376 e. The number of benzene rings is 1. The minimum atomic E-state index is -0.394. The van der Waals surface area contributed by atoms with Crippen molar-refractivity contribution in [2.75, 3.05) is 11.9 Å². The summed E-state index contributed by atoms with van der Waals surface area (Å²) < 4.78 is 24.6. The Bertz CT molecular complexity index is 966. The van der Waals surface area contributed by atoms with Crippen molar-refractivity contribution >= 4 is 22.2 Å². The molecule has 0 spiro atoms. The first-order chi connectivity index (χ1) is 12.6. The van der Waals surface area contributed by atoms with Crippen LogP contribution in [0, 0.1) is 12.7 Å². The number of rotatable bonds is 4. The molecule has 0 unspecified atom stereocenters. The third-order valence-electron chi connectivity index (χ3n) is 4.12. The number of hydrogen-bond donors (Lipinski definition) is 1. The number of aryl methyl sites for hydroxylation is 1. The average Bonchev–Trinajstić information content (AvgIpc) is 3.19. The van der Waals surface area contributed by atoms with Crippen molar-refractivity contribution in [2.24, 2.45) is 0 Å². The summed E-state index contributed by atoms with van der Waals surface area (Å²) in [7, 11) is 0. The number of carbonyl (C=O) groups excluding carboxylic acids is 1. The molecule has 0 bridgehead atoms. The smallest absolute Gasteiger partial charge is 0.261 e. The fourth-order valence-electron chi connectivity index (χ4n) is 2.93. The zero-order chi connectivity index (χ0) is 18.1. The van der Waals surface area contributed by atoms with Crippen LogP contribution in [0.25, 0.3) is 11.5 Å². The molecule has 8 heteroatoms. The maximum Gasteiger partial charge on any atom is 0.261 e. The highest BCUT2D eigenvalue weighted by molar-refractivity contribution is 7.17. The van der Waals surface area contributed by atoms with E-state index in [-0.39, 0.29) is 12.3 Å². The van der Waals surface area contributed by atoms with Crippen LogP contribution in [-0.2, 0) is 29.0 Å². The maximum atomic E-state index is 13.8. The van der Waals surface area contributed by atoms with E-state index in [0.29, 0.717) is 41.9 Å². The van der Waals surface area contributed by atoms with E-state index in [1.54, 1.807) is 25.1 Å². The van der Waals surface area contributed by atoms with Crippen molar-refractivity contribution in [3.05, 3.63) is 51.9 Å². The van der Waals surface area contributed by atoms with Gasteiger partial charge < -0.3 is 14.6 Å². The SMILES string of the molecule is Cc1noc(-c2c(NC(=O)Cc3ccccc3F)sc3c2CCOC3)n1. The van der Waals surface area contributed by atoms with E-state index in [0.717, 1.165) is 16.0 Å². The van der Waals surface area contributed by atoms with Gasteiger partial charge in [-0.25, -0.2) is 4.39 Å². The van der Waals surface area contributed by atoms with Crippen molar-refractivity contribution in [1.29, 1.82) is 0 Å². The summed E-state index contributed by atoms with van der Waals surface area (Å²) in [6, 6.07) is 6.25. The molecular formula is C18H16FN3O3S. The molecule has 3 aromatic rings. The first-order valence-electron chi connectivity index (χ1n) is 8.18. The molecule has 134 valence electrons. The molecule has 3 heterocycles.